The highest BCUT2D eigenvalue weighted by atomic mass is 32.1. The molecule has 0 bridgehead atoms. The Bertz CT molecular complexity index is 287. The van der Waals surface area contributed by atoms with E-state index in [1.807, 2.05) is 12.3 Å². The Kier molecular flexibility index (Phi) is 2.62. The summed E-state index contributed by atoms with van der Waals surface area (Å²) in [6, 6.07) is 0. The van der Waals surface area contributed by atoms with Gasteiger partial charge in [0.2, 0.25) is 0 Å². The highest BCUT2D eigenvalue weighted by Crippen LogP contribution is 2.32. The average molecular weight is 199 g/mol. The Morgan fingerprint density at radius 2 is 2.54 bits per heavy atom. The fourth-order valence-corrected chi connectivity index (χ4v) is 2.24. The van der Waals surface area contributed by atoms with E-state index in [1.54, 1.807) is 11.3 Å². The van der Waals surface area contributed by atoms with Crippen molar-refractivity contribution in [2.45, 2.75) is 32.0 Å². The van der Waals surface area contributed by atoms with Gasteiger partial charge in [0.15, 0.2) is 0 Å². The summed E-state index contributed by atoms with van der Waals surface area (Å²) in [5, 5.41) is 12.0. The lowest BCUT2D eigenvalue weighted by molar-refractivity contribution is 0.00944. The van der Waals surface area contributed by atoms with E-state index in [1.165, 1.54) is 0 Å². The molecule has 72 valence electrons. The van der Waals surface area contributed by atoms with Crippen LogP contribution in [0.1, 0.15) is 29.6 Å². The molecule has 2 atom stereocenters. The molecule has 0 aliphatic carbocycles. The van der Waals surface area contributed by atoms with Crippen molar-refractivity contribution in [3.8, 4) is 0 Å². The third kappa shape index (κ3) is 1.90. The molecule has 0 saturated carbocycles. The van der Waals surface area contributed by atoms with Crippen LogP contribution in [0.15, 0.2) is 5.38 Å². The van der Waals surface area contributed by atoms with E-state index in [-0.39, 0.29) is 18.8 Å². The quantitative estimate of drug-likeness (QED) is 0.787. The van der Waals surface area contributed by atoms with Crippen LogP contribution in [0.3, 0.4) is 0 Å². The number of ether oxygens (including phenoxy) is 1. The molecule has 3 nitrogen and oxygen atoms in total. The van der Waals surface area contributed by atoms with Gasteiger partial charge in [-0.2, -0.15) is 0 Å². The number of hydrogen-bond donors (Lipinski definition) is 1. The minimum absolute atomic E-state index is 0.0204. The topological polar surface area (TPSA) is 42.4 Å². The van der Waals surface area contributed by atoms with Crippen molar-refractivity contribution < 1.29 is 9.84 Å². The number of aliphatic hydroxyl groups is 1. The SMILES string of the molecule is Cc1nc(C2CCC(CO)O2)cs1. The summed E-state index contributed by atoms with van der Waals surface area (Å²) < 4.78 is 5.60. The summed E-state index contributed by atoms with van der Waals surface area (Å²) in [5.74, 6) is 0. The molecule has 1 saturated heterocycles. The second kappa shape index (κ2) is 3.74. The van der Waals surface area contributed by atoms with Gasteiger partial charge in [0.25, 0.3) is 0 Å². The molecule has 0 radical (unpaired) electrons. The number of aliphatic hydroxyl groups excluding tert-OH is 1. The highest BCUT2D eigenvalue weighted by Gasteiger charge is 2.27. The first-order valence-electron chi connectivity index (χ1n) is 4.48. The summed E-state index contributed by atoms with van der Waals surface area (Å²) >= 11 is 1.65. The van der Waals surface area contributed by atoms with Crippen molar-refractivity contribution in [1.82, 2.24) is 4.98 Å². The van der Waals surface area contributed by atoms with Gasteiger partial charge in [-0.1, -0.05) is 0 Å². The third-order valence-electron chi connectivity index (χ3n) is 2.28. The lowest BCUT2D eigenvalue weighted by Gasteiger charge is -2.08. The maximum Gasteiger partial charge on any atom is 0.101 e. The Balaban J connectivity index is 2.03. The fourth-order valence-electron chi connectivity index (χ4n) is 1.59. The first-order valence-corrected chi connectivity index (χ1v) is 5.36. The van der Waals surface area contributed by atoms with Gasteiger partial charge in [-0.15, -0.1) is 11.3 Å². The Morgan fingerprint density at radius 3 is 3.08 bits per heavy atom. The zero-order chi connectivity index (χ0) is 9.26. The van der Waals surface area contributed by atoms with Gasteiger partial charge in [0.1, 0.15) is 6.10 Å². The number of nitrogens with zero attached hydrogens (tertiary/aromatic N) is 1. The summed E-state index contributed by atoms with van der Waals surface area (Å²) in [7, 11) is 0. The molecule has 4 heteroatoms. The van der Waals surface area contributed by atoms with Crippen LogP contribution in [-0.4, -0.2) is 22.8 Å². The maximum absolute atomic E-state index is 8.89. The molecule has 2 unspecified atom stereocenters. The molecular formula is C9H13NO2S. The fraction of sp³-hybridized carbons (Fsp3) is 0.667. The van der Waals surface area contributed by atoms with Crippen molar-refractivity contribution in [3.63, 3.8) is 0 Å². The van der Waals surface area contributed by atoms with E-state index < -0.39 is 0 Å². The van der Waals surface area contributed by atoms with Gasteiger partial charge < -0.3 is 9.84 Å². The number of hydrogen-bond acceptors (Lipinski definition) is 4. The number of rotatable bonds is 2. The molecule has 0 aromatic carbocycles. The molecular weight excluding hydrogens is 186 g/mol. The van der Waals surface area contributed by atoms with Gasteiger partial charge in [-0.3, -0.25) is 0 Å². The van der Waals surface area contributed by atoms with Crippen molar-refractivity contribution in [2.75, 3.05) is 6.61 Å². The molecule has 2 heterocycles. The minimum atomic E-state index is 0.0204. The molecule has 1 aliphatic rings. The summed E-state index contributed by atoms with van der Waals surface area (Å²) in [6.07, 6.45) is 2.06. The molecule has 1 aliphatic heterocycles. The van der Waals surface area contributed by atoms with E-state index in [0.717, 1.165) is 23.5 Å². The minimum Gasteiger partial charge on any atom is -0.394 e. The van der Waals surface area contributed by atoms with E-state index in [2.05, 4.69) is 4.98 Å². The predicted molar refractivity (Wildman–Crippen MR) is 50.8 cm³/mol. The van der Waals surface area contributed by atoms with Gasteiger partial charge in [-0.25, -0.2) is 4.98 Å². The standard InChI is InChI=1S/C9H13NO2S/c1-6-10-8(5-13-6)9-3-2-7(4-11)12-9/h5,7,9,11H,2-4H2,1H3. The third-order valence-corrected chi connectivity index (χ3v) is 3.07. The van der Waals surface area contributed by atoms with E-state index >= 15 is 0 Å². The first kappa shape index (κ1) is 9.12. The van der Waals surface area contributed by atoms with Crippen LogP contribution in [0.25, 0.3) is 0 Å². The molecule has 1 aromatic heterocycles. The first-order chi connectivity index (χ1) is 6.29. The Labute approximate surface area is 81.4 Å². The van der Waals surface area contributed by atoms with Crippen molar-refractivity contribution in [3.05, 3.63) is 16.1 Å². The lowest BCUT2D eigenvalue weighted by Crippen LogP contribution is -2.11. The lowest BCUT2D eigenvalue weighted by atomic mass is 10.2. The zero-order valence-corrected chi connectivity index (χ0v) is 8.38. The molecule has 2 rings (SSSR count). The maximum atomic E-state index is 8.89. The van der Waals surface area contributed by atoms with Crippen molar-refractivity contribution in [1.29, 1.82) is 0 Å². The van der Waals surface area contributed by atoms with Crippen LogP contribution in [0.4, 0.5) is 0 Å². The van der Waals surface area contributed by atoms with E-state index in [0.29, 0.717) is 0 Å². The van der Waals surface area contributed by atoms with Crippen LogP contribution in [-0.2, 0) is 4.74 Å². The van der Waals surface area contributed by atoms with Crippen LogP contribution >= 0.6 is 11.3 Å². The predicted octanol–water partition coefficient (Wildman–Crippen LogP) is 1.66. The van der Waals surface area contributed by atoms with Crippen LogP contribution in [0, 0.1) is 6.92 Å². The smallest absolute Gasteiger partial charge is 0.101 e. The number of aromatic nitrogens is 1. The summed E-state index contributed by atoms with van der Waals surface area (Å²) in [6.45, 7) is 2.12. The molecule has 1 N–H and O–H groups in total. The van der Waals surface area contributed by atoms with E-state index in [9.17, 15) is 0 Å². The number of thiazole rings is 1. The molecule has 0 spiro atoms. The van der Waals surface area contributed by atoms with Crippen molar-refractivity contribution >= 4 is 11.3 Å². The van der Waals surface area contributed by atoms with Gasteiger partial charge >= 0.3 is 0 Å². The summed E-state index contributed by atoms with van der Waals surface area (Å²) in [5.41, 5.74) is 1.03. The molecule has 0 amide bonds. The second-order valence-corrected chi connectivity index (χ2v) is 4.36. The normalized spacial score (nSPS) is 28.2. The summed E-state index contributed by atoms with van der Waals surface area (Å²) in [4.78, 5) is 4.37. The van der Waals surface area contributed by atoms with Gasteiger partial charge in [0.05, 0.1) is 23.4 Å². The van der Waals surface area contributed by atoms with Crippen LogP contribution in [0.5, 0.6) is 0 Å². The number of aryl methyl sites for hydroxylation is 1. The average Bonchev–Trinajstić information content (AvgIpc) is 2.71. The second-order valence-electron chi connectivity index (χ2n) is 3.30. The zero-order valence-electron chi connectivity index (χ0n) is 7.56. The molecule has 1 fully saturated rings. The van der Waals surface area contributed by atoms with Crippen LogP contribution < -0.4 is 0 Å². The monoisotopic (exact) mass is 199 g/mol. The van der Waals surface area contributed by atoms with Crippen molar-refractivity contribution in [2.24, 2.45) is 0 Å². The van der Waals surface area contributed by atoms with Gasteiger partial charge in [-0.05, 0) is 19.8 Å². The Hall–Kier alpha value is -0.450. The Morgan fingerprint density at radius 1 is 1.69 bits per heavy atom. The van der Waals surface area contributed by atoms with Gasteiger partial charge in [0, 0.05) is 5.38 Å². The molecule has 1 aromatic rings. The van der Waals surface area contributed by atoms with Crippen LogP contribution in [0.2, 0.25) is 0 Å². The highest BCUT2D eigenvalue weighted by molar-refractivity contribution is 7.09. The van der Waals surface area contributed by atoms with E-state index in [4.69, 9.17) is 9.84 Å². The largest absolute Gasteiger partial charge is 0.394 e. The molecule has 13 heavy (non-hydrogen) atoms.